The first-order valence-corrected chi connectivity index (χ1v) is 7.46. The number of benzene rings is 2. The molecule has 0 aromatic heterocycles. The van der Waals surface area contributed by atoms with Crippen molar-refractivity contribution in [3.05, 3.63) is 64.7 Å². The van der Waals surface area contributed by atoms with E-state index in [4.69, 9.17) is 11.5 Å². The highest BCUT2D eigenvalue weighted by molar-refractivity contribution is 5.47. The maximum absolute atomic E-state index is 6.00. The molecule has 0 bridgehead atoms. The number of nitrogens with zero attached hydrogens (tertiary/aromatic N) is 1. The fourth-order valence-electron chi connectivity index (χ4n) is 3.37. The number of rotatable bonds is 2. The molecule has 1 aliphatic rings. The Balaban J connectivity index is 2.09. The third kappa shape index (κ3) is 2.55. The van der Waals surface area contributed by atoms with E-state index in [9.17, 15) is 0 Å². The maximum atomic E-state index is 6.00. The second kappa shape index (κ2) is 5.51. The molecule has 0 amide bonds. The van der Waals surface area contributed by atoms with Crippen LogP contribution < -0.4 is 11.5 Å². The van der Waals surface area contributed by atoms with E-state index in [0.717, 1.165) is 12.2 Å². The van der Waals surface area contributed by atoms with Gasteiger partial charge in [-0.05, 0) is 42.8 Å². The van der Waals surface area contributed by atoms with Crippen LogP contribution in [0.5, 0.6) is 0 Å². The Labute approximate surface area is 126 Å². The standard InChI is InChI=1S/C18H23N3/c1-12-3-8-15-16(9-12)18(10-19)21(2)11-17(15)13-4-6-14(20)7-5-13/h3-9,17-18H,10-11,19-20H2,1-2H3. The van der Waals surface area contributed by atoms with Crippen LogP contribution in [-0.2, 0) is 0 Å². The lowest BCUT2D eigenvalue weighted by Gasteiger charge is -2.39. The van der Waals surface area contributed by atoms with Crippen LogP contribution in [0.15, 0.2) is 42.5 Å². The van der Waals surface area contributed by atoms with E-state index in [0.29, 0.717) is 18.5 Å². The molecule has 21 heavy (non-hydrogen) atoms. The quantitative estimate of drug-likeness (QED) is 0.832. The maximum Gasteiger partial charge on any atom is 0.0470 e. The van der Waals surface area contributed by atoms with Crippen molar-refractivity contribution in [2.24, 2.45) is 5.73 Å². The number of fused-ring (bicyclic) bond motifs is 1. The Hall–Kier alpha value is -1.84. The highest BCUT2D eigenvalue weighted by Gasteiger charge is 2.30. The molecule has 2 aromatic carbocycles. The molecule has 0 fully saturated rings. The summed E-state index contributed by atoms with van der Waals surface area (Å²) in [4.78, 5) is 2.36. The molecule has 1 aliphatic heterocycles. The van der Waals surface area contributed by atoms with Gasteiger partial charge in [0.2, 0.25) is 0 Å². The molecular weight excluding hydrogens is 258 g/mol. The molecule has 2 aromatic rings. The molecule has 3 heteroatoms. The minimum Gasteiger partial charge on any atom is -0.399 e. The molecule has 0 saturated carbocycles. The Morgan fingerprint density at radius 2 is 1.81 bits per heavy atom. The lowest BCUT2D eigenvalue weighted by molar-refractivity contribution is 0.223. The van der Waals surface area contributed by atoms with Crippen molar-refractivity contribution in [2.75, 3.05) is 25.9 Å². The molecule has 0 aliphatic carbocycles. The molecule has 3 nitrogen and oxygen atoms in total. The van der Waals surface area contributed by atoms with E-state index in [1.807, 2.05) is 12.1 Å². The van der Waals surface area contributed by atoms with Gasteiger partial charge in [-0.15, -0.1) is 0 Å². The molecule has 4 N–H and O–H groups in total. The van der Waals surface area contributed by atoms with E-state index >= 15 is 0 Å². The highest BCUT2D eigenvalue weighted by Crippen LogP contribution is 2.38. The summed E-state index contributed by atoms with van der Waals surface area (Å²) < 4.78 is 0. The van der Waals surface area contributed by atoms with Gasteiger partial charge in [-0.2, -0.15) is 0 Å². The van der Waals surface area contributed by atoms with Crippen molar-refractivity contribution in [1.82, 2.24) is 4.90 Å². The molecule has 2 atom stereocenters. The van der Waals surface area contributed by atoms with Crippen LogP contribution in [0, 0.1) is 6.92 Å². The first kappa shape index (κ1) is 14.1. The molecule has 3 rings (SSSR count). The van der Waals surface area contributed by atoms with Gasteiger partial charge in [-0.25, -0.2) is 0 Å². The van der Waals surface area contributed by atoms with E-state index in [-0.39, 0.29) is 0 Å². The van der Waals surface area contributed by atoms with Crippen LogP contribution in [0.3, 0.4) is 0 Å². The molecule has 110 valence electrons. The van der Waals surface area contributed by atoms with Crippen LogP contribution in [-0.4, -0.2) is 25.0 Å². The Morgan fingerprint density at radius 1 is 1.10 bits per heavy atom. The van der Waals surface area contributed by atoms with E-state index in [1.165, 1.54) is 22.3 Å². The largest absolute Gasteiger partial charge is 0.399 e. The normalized spacial score (nSPS) is 22.0. The lowest BCUT2D eigenvalue weighted by atomic mass is 9.81. The van der Waals surface area contributed by atoms with Crippen LogP contribution in [0.1, 0.15) is 34.2 Å². The average Bonchev–Trinajstić information content (AvgIpc) is 2.47. The van der Waals surface area contributed by atoms with Gasteiger partial charge in [0.15, 0.2) is 0 Å². The van der Waals surface area contributed by atoms with Crippen molar-refractivity contribution >= 4 is 5.69 Å². The zero-order valence-corrected chi connectivity index (χ0v) is 12.7. The van der Waals surface area contributed by atoms with Crippen molar-refractivity contribution in [1.29, 1.82) is 0 Å². The second-order valence-corrected chi connectivity index (χ2v) is 6.04. The fraction of sp³-hybridized carbons (Fsp3) is 0.333. The van der Waals surface area contributed by atoms with Gasteiger partial charge in [0.25, 0.3) is 0 Å². The highest BCUT2D eigenvalue weighted by atomic mass is 15.1. The van der Waals surface area contributed by atoms with Crippen LogP contribution in [0.2, 0.25) is 0 Å². The first-order valence-electron chi connectivity index (χ1n) is 7.46. The van der Waals surface area contributed by atoms with Gasteiger partial charge >= 0.3 is 0 Å². The van der Waals surface area contributed by atoms with Crippen molar-refractivity contribution in [2.45, 2.75) is 18.9 Å². The molecule has 2 unspecified atom stereocenters. The van der Waals surface area contributed by atoms with E-state index < -0.39 is 0 Å². The van der Waals surface area contributed by atoms with Gasteiger partial charge in [0, 0.05) is 30.7 Å². The summed E-state index contributed by atoms with van der Waals surface area (Å²) in [5, 5.41) is 0. The third-order valence-corrected chi connectivity index (χ3v) is 4.54. The zero-order valence-electron chi connectivity index (χ0n) is 12.7. The fourth-order valence-corrected chi connectivity index (χ4v) is 3.37. The first-order chi connectivity index (χ1) is 10.1. The van der Waals surface area contributed by atoms with Crippen LogP contribution in [0.4, 0.5) is 5.69 Å². The van der Waals surface area contributed by atoms with Crippen LogP contribution in [0.25, 0.3) is 0 Å². The van der Waals surface area contributed by atoms with Crippen molar-refractivity contribution < 1.29 is 0 Å². The summed E-state index contributed by atoms with van der Waals surface area (Å²) in [5.41, 5.74) is 18.0. The Morgan fingerprint density at radius 3 is 2.48 bits per heavy atom. The number of hydrogen-bond donors (Lipinski definition) is 2. The lowest BCUT2D eigenvalue weighted by Crippen LogP contribution is -2.39. The van der Waals surface area contributed by atoms with Crippen molar-refractivity contribution in [3.8, 4) is 0 Å². The smallest absolute Gasteiger partial charge is 0.0470 e. The predicted octanol–water partition coefficient (Wildman–Crippen LogP) is 2.65. The molecule has 0 spiro atoms. The number of nitrogens with two attached hydrogens (primary N) is 2. The number of likely N-dealkylation sites (N-methyl/N-ethyl adjacent to an activating group) is 1. The van der Waals surface area contributed by atoms with Gasteiger partial charge in [-0.1, -0.05) is 35.9 Å². The Kier molecular flexibility index (Phi) is 3.70. The number of nitrogen functional groups attached to an aromatic ring is 1. The minimum absolute atomic E-state index is 0.310. The summed E-state index contributed by atoms with van der Waals surface area (Å²) in [6.07, 6.45) is 0. The molecular formula is C18H23N3. The zero-order chi connectivity index (χ0) is 15.0. The van der Waals surface area contributed by atoms with E-state index in [2.05, 4.69) is 49.2 Å². The molecule has 0 radical (unpaired) electrons. The van der Waals surface area contributed by atoms with Gasteiger partial charge in [0.05, 0.1) is 0 Å². The molecule has 1 heterocycles. The summed E-state index contributed by atoms with van der Waals surface area (Å²) in [5.74, 6) is 0.383. The number of anilines is 1. The number of aryl methyl sites for hydroxylation is 1. The predicted molar refractivity (Wildman–Crippen MR) is 88.3 cm³/mol. The third-order valence-electron chi connectivity index (χ3n) is 4.54. The van der Waals surface area contributed by atoms with Gasteiger partial charge < -0.3 is 11.5 Å². The topological polar surface area (TPSA) is 55.3 Å². The number of hydrogen-bond acceptors (Lipinski definition) is 3. The summed E-state index contributed by atoms with van der Waals surface area (Å²) in [7, 11) is 2.16. The van der Waals surface area contributed by atoms with E-state index in [1.54, 1.807) is 0 Å². The van der Waals surface area contributed by atoms with Gasteiger partial charge in [-0.3, -0.25) is 4.90 Å². The van der Waals surface area contributed by atoms with Crippen LogP contribution >= 0.6 is 0 Å². The SMILES string of the molecule is Cc1ccc2c(c1)C(CN)N(C)CC2c1ccc(N)cc1. The summed E-state index contributed by atoms with van der Waals surface area (Å²) >= 11 is 0. The summed E-state index contributed by atoms with van der Waals surface area (Å²) in [6, 6.07) is 15.3. The Bertz CT molecular complexity index is 633. The monoisotopic (exact) mass is 281 g/mol. The second-order valence-electron chi connectivity index (χ2n) is 6.04. The minimum atomic E-state index is 0.310. The summed E-state index contributed by atoms with van der Waals surface area (Å²) in [6.45, 7) is 3.78. The van der Waals surface area contributed by atoms with Gasteiger partial charge in [0.1, 0.15) is 0 Å². The molecule has 0 saturated heterocycles. The van der Waals surface area contributed by atoms with Crippen molar-refractivity contribution in [3.63, 3.8) is 0 Å². The average molecular weight is 281 g/mol.